The van der Waals surface area contributed by atoms with E-state index >= 15 is 0 Å². The van der Waals surface area contributed by atoms with E-state index in [0.717, 1.165) is 25.1 Å². The SMILES string of the molecule is COc1ccc(N(C)CCCCC(=N)N)cc1. The molecule has 0 aliphatic heterocycles. The zero-order valence-electron chi connectivity index (χ0n) is 10.6. The number of benzene rings is 1. The first-order valence-corrected chi connectivity index (χ1v) is 5.81. The number of hydrogen-bond donors (Lipinski definition) is 2. The highest BCUT2D eigenvalue weighted by Gasteiger charge is 2.01. The summed E-state index contributed by atoms with van der Waals surface area (Å²) < 4.78 is 5.12. The van der Waals surface area contributed by atoms with Gasteiger partial charge in [0.15, 0.2) is 0 Å². The lowest BCUT2D eigenvalue weighted by Gasteiger charge is -2.19. The van der Waals surface area contributed by atoms with E-state index in [9.17, 15) is 0 Å². The Balaban J connectivity index is 2.35. The van der Waals surface area contributed by atoms with Crippen molar-refractivity contribution in [1.82, 2.24) is 0 Å². The summed E-state index contributed by atoms with van der Waals surface area (Å²) >= 11 is 0. The first-order valence-electron chi connectivity index (χ1n) is 5.81. The number of nitrogens with one attached hydrogen (secondary N) is 1. The topological polar surface area (TPSA) is 62.3 Å². The monoisotopic (exact) mass is 235 g/mol. The molecular weight excluding hydrogens is 214 g/mol. The lowest BCUT2D eigenvalue weighted by molar-refractivity contribution is 0.415. The number of nitrogens with two attached hydrogens (primary N) is 1. The van der Waals surface area contributed by atoms with Gasteiger partial charge < -0.3 is 15.4 Å². The number of rotatable bonds is 7. The smallest absolute Gasteiger partial charge is 0.119 e. The molecule has 3 N–H and O–H groups in total. The molecule has 0 atom stereocenters. The molecule has 0 saturated carbocycles. The molecule has 4 nitrogen and oxygen atoms in total. The van der Waals surface area contributed by atoms with Crippen molar-refractivity contribution >= 4 is 11.5 Å². The maximum Gasteiger partial charge on any atom is 0.119 e. The van der Waals surface area contributed by atoms with Crippen molar-refractivity contribution < 1.29 is 4.74 Å². The maximum absolute atomic E-state index is 7.14. The Morgan fingerprint density at radius 3 is 2.47 bits per heavy atom. The summed E-state index contributed by atoms with van der Waals surface area (Å²) in [6.07, 6.45) is 2.70. The molecule has 0 saturated heterocycles. The van der Waals surface area contributed by atoms with Crippen LogP contribution < -0.4 is 15.4 Å². The van der Waals surface area contributed by atoms with Crippen molar-refractivity contribution in [3.05, 3.63) is 24.3 Å². The molecule has 0 amide bonds. The molecule has 1 aromatic rings. The van der Waals surface area contributed by atoms with Gasteiger partial charge in [-0.25, -0.2) is 0 Å². The van der Waals surface area contributed by atoms with Gasteiger partial charge in [-0.05, 0) is 37.1 Å². The van der Waals surface area contributed by atoms with Crippen LogP contribution in [0.2, 0.25) is 0 Å². The summed E-state index contributed by atoms with van der Waals surface area (Å²) in [5.74, 6) is 1.15. The van der Waals surface area contributed by atoms with E-state index in [2.05, 4.69) is 11.9 Å². The number of methoxy groups -OCH3 is 1. The minimum Gasteiger partial charge on any atom is -0.497 e. The molecule has 94 valence electrons. The van der Waals surface area contributed by atoms with Crippen LogP contribution in [0.4, 0.5) is 5.69 Å². The van der Waals surface area contributed by atoms with Gasteiger partial charge in [0.25, 0.3) is 0 Å². The highest BCUT2D eigenvalue weighted by molar-refractivity contribution is 5.76. The van der Waals surface area contributed by atoms with Gasteiger partial charge in [0, 0.05) is 25.7 Å². The Morgan fingerprint density at radius 1 is 1.29 bits per heavy atom. The molecule has 0 unspecified atom stereocenters. The Hall–Kier alpha value is -1.71. The number of ether oxygens (including phenoxy) is 1. The second-order valence-electron chi connectivity index (χ2n) is 4.10. The predicted octanol–water partition coefficient (Wildman–Crippen LogP) is 2.24. The quantitative estimate of drug-likeness (QED) is 0.433. The van der Waals surface area contributed by atoms with Crippen LogP contribution in [0.3, 0.4) is 0 Å². The summed E-state index contributed by atoms with van der Waals surface area (Å²) in [7, 11) is 3.73. The van der Waals surface area contributed by atoms with Crippen molar-refractivity contribution in [1.29, 1.82) is 5.41 Å². The van der Waals surface area contributed by atoms with Crippen molar-refractivity contribution in [2.24, 2.45) is 5.73 Å². The molecule has 1 aromatic carbocycles. The Labute approximate surface area is 103 Å². The van der Waals surface area contributed by atoms with Crippen LogP contribution in [0.1, 0.15) is 19.3 Å². The van der Waals surface area contributed by atoms with E-state index in [1.807, 2.05) is 24.3 Å². The van der Waals surface area contributed by atoms with E-state index in [0.29, 0.717) is 6.42 Å². The van der Waals surface area contributed by atoms with Crippen LogP contribution in [0.5, 0.6) is 5.75 Å². The first-order chi connectivity index (χ1) is 8.13. The zero-order chi connectivity index (χ0) is 12.7. The fourth-order valence-corrected chi connectivity index (χ4v) is 1.63. The first kappa shape index (κ1) is 13.4. The number of nitrogens with zero attached hydrogens (tertiary/aromatic N) is 1. The molecule has 1 rings (SSSR count). The van der Waals surface area contributed by atoms with E-state index in [1.165, 1.54) is 5.69 Å². The van der Waals surface area contributed by atoms with E-state index in [4.69, 9.17) is 15.9 Å². The second kappa shape index (κ2) is 6.78. The standard InChI is InChI=1S/C13H21N3O/c1-16(10-4-3-5-13(14)15)11-6-8-12(17-2)9-7-11/h6-9H,3-5,10H2,1-2H3,(H3,14,15). The van der Waals surface area contributed by atoms with Crippen LogP contribution in [-0.4, -0.2) is 26.5 Å². The number of anilines is 1. The highest BCUT2D eigenvalue weighted by Crippen LogP contribution is 2.18. The summed E-state index contributed by atoms with van der Waals surface area (Å²) in [5, 5.41) is 7.14. The van der Waals surface area contributed by atoms with Crippen LogP contribution in [0, 0.1) is 5.41 Å². The molecule has 17 heavy (non-hydrogen) atoms. The highest BCUT2D eigenvalue weighted by atomic mass is 16.5. The lowest BCUT2D eigenvalue weighted by Crippen LogP contribution is -2.19. The minimum absolute atomic E-state index is 0.275. The molecule has 0 radical (unpaired) electrons. The van der Waals surface area contributed by atoms with Gasteiger partial charge >= 0.3 is 0 Å². The molecule has 0 fully saturated rings. The minimum atomic E-state index is 0.275. The molecule has 0 aliphatic carbocycles. The van der Waals surface area contributed by atoms with Crippen LogP contribution in [-0.2, 0) is 0 Å². The van der Waals surface area contributed by atoms with Crippen molar-refractivity contribution in [2.75, 3.05) is 25.6 Å². The Kier molecular flexibility index (Phi) is 5.33. The predicted molar refractivity (Wildman–Crippen MR) is 72.0 cm³/mol. The van der Waals surface area contributed by atoms with Crippen molar-refractivity contribution in [2.45, 2.75) is 19.3 Å². The summed E-state index contributed by atoms with van der Waals surface area (Å²) in [4.78, 5) is 2.19. The zero-order valence-corrected chi connectivity index (χ0v) is 10.6. The Morgan fingerprint density at radius 2 is 1.94 bits per heavy atom. The normalized spacial score (nSPS) is 10.0. The summed E-state index contributed by atoms with van der Waals surface area (Å²) in [5.41, 5.74) is 6.48. The van der Waals surface area contributed by atoms with Crippen molar-refractivity contribution in [3.63, 3.8) is 0 Å². The molecule has 0 bridgehead atoms. The van der Waals surface area contributed by atoms with Gasteiger partial charge in [-0.1, -0.05) is 0 Å². The van der Waals surface area contributed by atoms with Gasteiger partial charge in [0.05, 0.1) is 12.9 Å². The third-order valence-electron chi connectivity index (χ3n) is 2.70. The largest absolute Gasteiger partial charge is 0.497 e. The fraction of sp³-hybridized carbons (Fsp3) is 0.462. The number of amidine groups is 1. The van der Waals surface area contributed by atoms with Gasteiger partial charge in [0.2, 0.25) is 0 Å². The summed E-state index contributed by atoms with van der Waals surface area (Å²) in [6.45, 7) is 0.972. The number of hydrogen-bond acceptors (Lipinski definition) is 3. The Bertz CT molecular complexity index is 348. The molecule has 4 heteroatoms. The van der Waals surface area contributed by atoms with Crippen LogP contribution in [0.25, 0.3) is 0 Å². The number of unbranched alkanes of at least 4 members (excludes halogenated alkanes) is 1. The maximum atomic E-state index is 7.14. The average molecular weight is 235 g/mol. The van der Waals surface area contributed by atoms with Gasteiger partial charge in [0.1, 0.15) is 5.75 Å². The lowest BCUT2D eigenvalue weighted by atomic mass is 10.2. The van der Waals surface area contributed by atoms with E-state index < -0.39 is 0 Å². The van der Waals surface area contributed by atoms with Gasteiger partial charge in [-0.3, -0.25) is 5.41 Å². The van der Waals surface area contributed by atoms with Gasteiger partial charge in [-0.15, -0.1) is 0 Å². The van der Waals surface area contributed by atoms with E-state index in [-0.39, 0.29) is 5.84 Å². The summed E-state index contributed by atoms with van der Waals surface area (Å²) in [6, 6.07) is 8.01. The third kappa shape index (κ3) is 4.76. The molecular formula is C13H21N3O. The van der Waals surface area contributed by atoms with E-state index in [1.54, 1.807) is 7.11 Å². The third-order valence-corrected chi connectivity index (χ3v) is 2.70. The molecule has 0 aliphatic rings. The van der Waals surface area contributed by atoms with Crippen LogP contribution in [0.15, 0.2) is 24.3 Å². The molecule has 0 aromatic heterocycles. The molecule has 0 spiro atoms. The average Bonchev–Trinajstić information content (AvgIpc) is 2.34. The van der Waals surface area contributed by atoms with Gasteiger partial charge in [-0.2, -0.15) is 0 Å². The van der Waals surface area contributed by atoms with Crippen LogP contribution >= 0.6 is 0 Å². The molecule has 0 heterocycles. The second-order valence-corrected chi connectivity index (χ2v) is 4.10. The fourth-order valence-electron chi connectivity index (χ4n) is 1.63. The van der Waals surface area contributed by atoms with Crippen molar-refractivity contribution in [3.8, 4) is 5.75 Å².